The van der Waals surface area contributed by atoms with Gasteiger partial charge < -0.3 is 9.80 Å². The molecule has 182 valence electrons. The molecule has 0 bridgehead atoms. The summed E-state index contributed by atoms with van der Waals surface area (Å²) in [4.78, 5) is 33.7. The molecule has 2 aliphatic heterocycles. The lowest BCUT2D eigenvalue weighted by atomic mass is 9.94. The molecule has 1 aromatic heterocycles. The maximum atomic E-state index is 13.5. The third-order valence-electron chi connectivity index (χ3n) is 7.32. The van der Waals surface area contributed by atoms with Crippen molar-refractivity contribution in [1.82, 2.24) is 14.4 Å². The van der Waals surface area contributed by atoms with E-state index in [1.54, 1.807) is 9.47 Å². The predicted octanol–water partition coefficient (Wildman–Crippen LogP) is 3.72. The van der Waals surface area contributed by atoms with Crippen LogP contribution in [0.15, 0.2) is 9.70 Å². The molecule has 7 nitrogen and oxygen atoms in total. The standard InChI is InChI=1S/C25H33N5O2S2/c1-4-27-11-13-28(14-12-27)22-19(17(3)20(16-26)23(31)29(22)5-2)15-21-24(32)30(25(33)34-21)18-9-7-6-8-10-18/h15,18H,4-14H2,1-3H3. The van der Waals surface area contributed by atoms with Gasteiger partial charge in [0.15, 0.2) is 0 Å². The van der Waals surface area contributed by atoms with E-state index in [0.29, 0.717) is 21.3 Å². The van der Waals surface area contributed by atoms with Crippen LogP contribution < -0.4 is 10.5 Å². The number of thiocarbonyl (C=S) groups is 1. The second-order valence-corrected chi connectivity index (χ2v) is 10.8. The number of carbonyl (C=O) groups excluding carboxylic acids is 1. The zero-order valence-electron chi connectivity index (χ0n) is 20.3. The third kappa shape index (κ3) is 4.56. The molecule has 1 amide bonds. The Labute approximate surface area is 211 Å². The Kier molecular flexibility index (Phi) is 7.80. The van der Waals surface area contributed by atoms with Crippen molar-refractivity contribution in [3.63, 3.8) is 0 Å². The maximum absolute atomic E-state index is 13.5. The molecule has 2 saturated heterocycles. The fourth-order valence-electron chi connectivity index (χ4n) is 5.32. The van der Waals surface area contributed by atoms with Gasteiger partial charge in [0.05, 0.1) is 4.91 Å². The summed E-state index contributed by atoms with van der Waals surface area (Å²) in [6, 6.07) is 2.29. The van der Waals surface area contributed by atoms with Crippen LogP contribution in [0.5, 0.6) is 0 Å². The van der Waals surface area contributed by atoms with Crippen LogP contribution in [0.1, 0.15) is 62.6 Å². The minimum Gasteiger partial charge on any atom is -0.355 e. The van der Waals surface area contributed by atoms with Crippen LogP contribution in [-0.4, -0.2) is 63.4 Å². The van der Waals surface area contributed by atoms with Gasteiger partial charge in [-0.2, -0.15) is 5.26 Å². The van der Waals surface area contributed by atoms with Crippen LogP contribution in [0.4, 0.5) is 5.82 Å². The largest absolute Gasteiger partial charge is 0.355 e. The van der Waals surface area contributed by atoms with Crippen molar-refractivity contribution in [1.29, 1.82) is 5.26 Å². The molecule has 0 atom stereocenters. The molecule has 0 unspecified atom stereocenters. The van der Waals surface area contributed by atoms with Gasteiger partial charge in [0.2, 0.25) is 0 Å². The van der Waals surface area contributed by atoms with Crippen LogP contribution in [0.2, 0.25) is 0 Å². The molecular weight excluding hydrogens is 466 g/mol. The van der Waals surface area contributed by atoms with Crippen LogP contribution in [0, 0.1) is 18.3 Å². The van der Waals surface area contributed by atoms with E-state index in [-0.39, 0.29) is 23.1 Å². The number of anilines is 1. The van der Waals surface area contributed by atoms with Crippen LogP contribution in [0.25, 0.3) is 6.08 Å². The van der Waals surface area contributed by atoms with Crippen molar-refractivity contribution in [3.05, 3.63) is 31.9 Å². The molecule has 1 saturated carbocycles. The van der Waals surface area contributed by atoms with Gasteiger partial charge in [-0.15, -0.1) is 0 Å². The quantitative estimate of drug-likeness (QED) is 0.452. The Morgan fingerprint density at radius 3 is 2.35 bits per heavy atom. The summed E-state index contributed by atoms with van der Waals surface area (Å²) in [6.45, 7) is 10.8. The van der Waals surface area contributed by atoms with Gasteiger partial charge in [0.25, 0.3) is 11.5 Å². The highest BCUT2D eigenvalue weighted by atomic mass is 32.2. The molecule has 34 heavy (non-hydrogen) atoms. The number of nitrogens with zero attached hydrogens (tertiary/aromatic N) is 5. The van der Waals surface area contributed by atoms with Gasteiger partial charge in [-0.1, -0.05) is 50.2 Å². The molecule has 0 aromatic carbocycles. The fraction of sp³-hybridized carbons (Fsp3) is 0.600. The van der Waals surface area contributed by atoms with Crippen molar-refractivity contribution < 1.29 is 4.79 Å². The predicted molar refractivity (Wildman–Crippen MR) is 142 cm³/mol. The number of rotatable bonds is 5. The summed E-state index contributed by atoms with van der Waals surface area (Å²) < 4.78 is 2.31. The zero-order valence-corrected chi connectivity index (χ0v) is 21.9. The number of carbonyl (C=O) groups is 1. The smallest absolute Gasteiger partial charge is 0.270 e. The number of amides is 1. The van der Waals surface area contributed by atoms with Gasteiger partial charge in [-0.3, -0.25) is 19.1 Å². The second kappa shape index (κ2) is 10.6. The lowest BCUT2D eigenvalue weighted by Crippen LogP contribution is -2.48. The Morgan fingerprint density at radius 1 is 1.09 bits per heavy atom. The van der Waals surface area contributed by atoms with Crippen LogP contribution in [-0.2, 0) is 11.3 Å². The second-order valence-electron chi connectivity index (χ2n) is 9.16. The highest BCUT2D eigenvalue weighted by Crippen LogP contribution is 2.39. The Balaban J connectivity index is 1.80. The van der Waals surface area contributed by atoms with Crippen LogP contribution >= 0.6 is 24.0 Å². The molecule has 1 aliphatic carbocycles. The Hall–Kier alpha value is -2.15. The summed E-state index contributed by atoms with van der Waals surface area (Å²) in [5.74, 6) is 0.762. The minimum atomic E-state index is -0.262. The van der Waals surface area contributed by atoms with E-state index in [1.807, 2.05) is 19.9 Å². The van der Waals surface area contributed by atoms with E-state index < -0.39 is 0 Å². The number of pyridine rings is 1. The SMILES string of the molecule is CCN1CCN(c2c(C=C3SC(=S)N(C4CCCCC4)C3=O)c(C)c(C#N)c(=O)n2CC)CC1. The Morgan fingerprint density at radius 2 is 1.76 bits per heavy atom. The zero-order chi connectivity index (χ0) is 24.4. The average Bonchev–Trinajstić information content (AvgIpc) is 3.14. The lowest BCUT2D eigenvalue weighted by molar-refractivity contribution is -0.124. The van der Waals surface area contributed by atoms with Gasteiger partial charge in [0.1, 0.15) is 21.8 Å². The molecule has 4 rings (SSSR count). The number of likely N-dealkylation sites (N-methyl/N-ethyl adjacent to an activating group) is 1. The monoisotopic (exact) mass is 499 g/mol. The topological polar surface area (TPSA) is 72.6 Å². The van der Waals surface area contributed by atoms with E-state index in [1.165, 1.54) is 18.2 Å². The fourth-order valence-corrected chi connectivity index (χ4v) is 6.70. The normalized spacial score (nSPS) is 21.5. The first-order valence-corrected chi connectivity index (χ1v) is 13.6. The number of hydrogen-bond donors (Lipinski definition) is 0. The molecule has 0 N–H and O–H groups in total. The van der Waals surface area contributed by atoms with Gasteiger partial charge in [-0.05, 0) is 44.9 Å². The molecular formula is C25H33N5O2S2. The number of aromatic nitrogens is 1. The van der Waals surface area contributed by atoms with Gasteiger partial charge in [0, 0.05) is 44.3 Å². The van der Waals surface area contributed by atoms with E-state index >= 15 is 0 Å². The number of thioether (sulfide) groups is 1. The van der Waals surface area contributed by atoms with E-state index in [0.717, 1.165) is 69.8 Å². The summed E-state index contributed by atoms with van der Waals surface area (Å²) in [6.07, 6.45) is 7.33. The summed E-state index contributed by atoms with van der Waals surface area (Å²) in [7, 11) is 0. The highest BCUT2D eigenvalue weighted by Gasteiger charge is 2.38. The van der Waals surface area contributed by atoms with Crippen molar-refractivity contribution in [3.8, 4) is 6.07 Å². The molecule has 0 radical (unpaired) electrons. The van der Waals surface area contributed by atoms with Crippen LogP contribution in [0.3, 0.4) is 0 Å². The van der Waals surface area contributed by atoms with Crippen molar-refractivity contribution in [2.75, 3.05) is 37.6 Å². The molecule has 9 heteroatoms. The van der Waals surface area contributed by atoms with E-state index in [2.05, 4.69) is 22.8 Å². The number of piperazine rings is 1. The third-order valence-corrected chi connectivity index (χ3v) is 8.65. The molecule has 3 fully saturated rings. The number of hydrogen-bond acceptors (Lipinski definition) is 7. The van der Waals surface area contributed by atoms with Crippen molar-refractivity contribution in [2.45, 2.75) is 65.5 Å². The maximum Gasteiger partial charge on any atom is 0.270 e. The molecule has 1 aromatic rings. The first kappa shape index (κ1) is 25.0. The Bertz CT molecular complexity index is 1110. The first-order chi connectivity index (χ1) is 16.4. The van der Waals surface area contributed by atoms with E-state index in [4.69, 9.17) is 12.2 Å². The minimum absolute atomic E-state index is 0.0455. The van der Waals surface area contributed by atoms with Crippen molar-refractivity contribution in [2.24, 2.45) is 0 Å². The first-order valence-electron chi connectivity index (χ1n) is 12.3. The van der Waals surface area contributed by atoms with Gasteiger partial charge >= 0.3 is 0 Å². The summed E-state index contributed by atoms with van der Waals surface area (Å²) >= 11 is 6.97. The summed E-state index contributed by atoms with van der Waals surface area (Å²) in [5, 5.41) is 9.77. The van der Waals surface area contributed by atoms with Crippen molar-refractivity contribution >= 4 is 46.1 Å². The van der Waals surface area contributed by atoms with Gasteiger partial charge in [-0.25, -0.2) is 0 Å². The lowest BCUT2D eigenvalue weighted by Gasteiger charge is -2.37. The molecule has 3 aliphatic rings. The highest BCUT2D eigenvalue weighted by molar-refractivity contribution is 8.26. The molecule has 3 heterocycles. The summed E-state index contributed by atoms with van der Waals surface area (Å²) in [5.41, 5.74) is 1.30. The molecule has 0 spiro atoms. The van der Waals surface area contributed by atoms with E-state index in [9.17, 15) is 14.9 Å². The average molecular weight is 500 g/mol. The number of nitriles is 1.